The van der Waals surface area contributed by atoms with E-state index in [1.165, 1.54) is 0 Å². The molecular formula is C17H19N3O3. The second-order valence-corrected chi connectivity index (χ2v) is 6.00. The highest BCUT2D eigenvalue weighted by atomic mass is 16.6. The lowest BCUT2D eigenvalue weighted by Crippen LogP contribution is -2.46. The fourth-order valence-electron chi connectivity index (χ4n) is 3.32. The minimum absolute atomic E-state index is 0.00847. The van der Waals surface area contributed by atoms with E-state index in [4.69, 9.17) is 9.47 Å². The summed E-state index contributed by atoms with van der Waals surface area (Å²) in [7, 11) is 1.89. The van der Waals surface area contributed by atoms with Gasteiger partial charge in [-0.25, -0.2) is 0 Å². The van der Waals surface area contributed by atoms with Gasteiger partial charge in [0, 0.05) is 25.4 Å². The Morgan fingerprint density at radius 2 is 2.13 bits per heavy atom. The summed E-state index contributed by atoms with van der Waals surface area (Å²) in [6.45, 7) is 1.01. The fraction of sp³-hybridized carbons (Fsp3) is 0.412. The number of carbonyl (C=O) groups is 1. The van der Waals surface area contributed by atoms with E-state index in [2.05, 4.69) is 5.10 Å². The number of amides is 1. The van der Waals surface area contributed by atoms with Crippen LogP contribution in [0, 0.1) is 0 Å². The number of aromatic nitrogens is 2. The fourth-order valence-corrected chi connectivity index (χ4v) is 3.32. The Hall–Kier alpha value is -2.50. The molecule has 0 unspecified atom stereocenters. The highest BCUT2D eigenvalue weighted by Gasteiger charge is 2.37. The van der Waals surface area contributed by atoms with Crippen LogP contribution < -0.4 is 9.47 Å². The Bertz CT molecular complexity index is 727. The number of nitrogens with zero attached hydrogens (tertiary/aromatic N) is 3. The first-order valence-corrected chi connectivity index (χ1v) is 7.90. The van der Waals surface area contributed by atoms with Crippen LogP contribution in [0.25, 0.3) is 0 Å². The summed E-state index contributed by atoms with van der Waals surface area (Å²) in [6.07, 6.45) is 5.19. The van der Waals surface area contributed by atoms with Crippen molar-refractivity contribution in [2.45, 2.75) is 25.0 Å². The maximum atomic E-state index is 12.9. The minimum atomic E-state index is -0.581. The Labute approximate surface area is 134 Å². The molecule has 3 heterocycles. The van der Waals surface area contributed by atoms with Gasteiger partial charge in [-0.05, 0) is 25.0 Å². The molecule has 0 N–H and O–H groups in total. The summed E-state index contributed by atoms with van der Waals surface area (Å²) in [5.41, 5.74) is 1.08. The van der Waals surface area contributed by atoms with Gasteiger partial charge in [-0.2, -0.15) is 5.10 Å². The average Bonchev–Trinajstić information content (AvgIpc) is 3.22. The van der Waals surface area contributed by atoms with Crippen molar-refractivity contribution in [2.24, 2.45) is 7.05 Å². The van der Waals surface area contributed by atoms with E-state index in [9.17, 15) is 4.79 Å². The van der Waals surface area contributed by atoms with E-state index in [0.29, 0.717) is 11.5 Å². The van der Waals surface area contributed by atoms with E-state index in [1.807, 2.05) is 48.6 Å². The molecule has 0 aliphatic carbocycles. The van der Waals surface area contributed by atoms with Crippen molar-refractivity contribution in [3.8, 4) is 11.5 Å². The van der Waals surface area contributed by atoms with Gasteiger partial charge in [0.05, 0.1) is 12.2 Å². The SMILES string of the molecule is Cn1cc([C@@H]2CCCN2C(=O)[C@H]2COc3ccccc3O2)cn1. The molecular weight excluding hydrogens is 294 g/mol. The highest BCUT2D eigenvalue weighted by Crippen LogP contribution is 2.35. The smallest absolute Gasteiger partial charge is 0.267 e. The van der Waals surface area contributed by atoms with Crippen molar-refractivity contribution >= 4 is 5.91 Å². The lowest BCUT2D eigenvalue weighted by Gasteiger charge is -2.31. The molecule has 0 spiro atoms. The van der Waals surface area contributed by atoms with Crippen LogP contribution in [-0.2, 0) is 11.8 Å². The van der Waals surface area contributed by atoms with Gasteiger partial charge >= 0.3 is 0 Å². The largest absolute Gasteiger partial charge is 0.485 e. The topological polar surface area (TPSA) is 56.6 Å². The lowest BCUT2D eigenvalue weighted by molar-refractivity contribution is -0.142. The second-order valence-electron chi connectivity index (χ2n) is 6.00. The Morgan fingerprint density at radius 1 is 1.30 bits per heavy atom. The molecule has 2 atom stereocenters. The first-order valence-electron chi connectivity index (χ1n) is 7.90. The molecule has 0 radical (unpaired) electrons. The number of rotatable bonds is 2. The van der Waals surface area contributed by atoms with E-state index in [1.54, 1.807) is 4.68 Å². The lowest BCUT2D eigenvalue weighted by atomic mass is 10.1. The molecule has 120 valence electrons. The molecule has 4 rings (SSSR count). The van der Waals surface area contributed by atoms with Crippen LogP contribution in [-0.4, -0.2) is 39.8 Å². The summed E-state index contributed by atoms with van der Waals surface area (Å²) in [6, 6.07) is 7.53. The van der Waals surface area contributed by atoms with Gasteiger partial charge in [-0.15, -0.1) is 0 Å². The van der Waals surface area contributed by atoms with Crippen molar-refractivity contribution in [3.05, 3.63) is 42.2 Å². The third-order valence-corrected chi connectivity index (χ3v) is 4.43. The van der Waals surface area contributed by atoms with E-state index in [0.717, 1.165) is 24.9 Å². The number of likely N-dealkylation sites (tertiary alicyclic amines) is 1. The Morgan fingerprint density at radius 3 is 2.91 bits per heavy atom. The zero-order valence-corrected chi connectivity index (χ0v) is 13.0. The standard InChI is InChI=1S/C17H19N3O3/c1-19-10-12(9-18-19)13-5-4-8-20(13)17(21)16-11-22-14-6-2-3-7-15(14)23-16/h2-3,6-7,9-10,13,16H,4-5,8,11H2,1H3/t13-,16+/m0/s1. The van der Waals surface area contributed by atoms with Gasteiger partial charge in [-0.1, -0.05) is 12.1 Å². The van der Waals surface area contributed by atoms with Crippen LogP contribution in [0.3, 0.4) is 0 Å². The zero-order valence-electron chi connectivity index (χ0n) is 13.0. The molecule has 1 aromatic heterocycles. The van der Waals surface area contributed by atoms with Crippen molar-refractivity contribution in [1.29, 1.82) is 0 Å². The van der Waals surface area contributed by atoms with Gasteiger partial charge < -0.3 is 14.4 Å². The first-order chi connectivity index (χ1) is 11.2. The van der Waals surface area contributed by atoms with E-state index < -0.39 is 6.10 Å². The van der Waals surface area contributed by atoms with E-state index in [-0.39, 0.29) is 18.6 Å². The van der Waals surface area contributed by atoms with Gasteiger partial charge in [-0.3, -0.25) is 9.48 Å². The molecule has 1 fully saturated rings. The molecule has 23 heavy (non-hydrogen) atoms. The molecule has 1 saturated heterocycles. The van der Waals surface area contributed by atoms with Crippen molar-refractivity contribution in [3.63, 3.8) is 0 Å². The number of para-hydroxylation sites is 2. The maximum Gasteiger partial charge on any atom is 0.267 e. The first kappa shape index (κ1) is 14.1. The summed E-state index contributed by atoms with van der Waals surface area (Å²) in [5.74, 6) is 1.32. The molecule has 6 heteroatoms. The third-order valence-electron chi connectivity index (χ3n) is 4.43. The van der Waals surface area contributed by atoms with Crippen LogP contribution in [0.1, 0.15) is 24.4 Å². The average molecular weight is 313 g/mol. The number of benzene rings is 1. The molecule has 2 aliphatic rings. The highest BCUT2D eigenvalue weighted by molar-refractivity contribution is 5.82. The number of hydrogen-bond acceptors (Lipinski definition) is 4. The summed E-state index contributed by atoms with van der Waals surface area (Å²) in [4.78, 5) is 14.8. The summed E-state index contributed by atoms with van der Waals surface area (Å²) in [5, 5.41) is 4.22. The van der Waals surface area contributed by atoms with Crippen LogP contribution in [0.2, 0.25) is 0 Å². The van der Waals surface area contributed by atoms with Crippen LogP contribution >= 0.6 is 0 Å². The molecule has 0 saturated carbocycles. The van der Waals surface area contributed by atoms with Crippen LogP contribution in [0.5, 0.6) is 11.5 Å². The molecule has 1 amide bonds. The van der Waals surface area contributed by atoms with E-state index >= 15 is 0 Å². The van der Waals surface area contributed by atoms with Gasteiger partial charge in [0.1, 0.15) is 6.61 Å². The quantitative estimate of drug-likeness (QED) is 0.850. The van der Waals surface area contributed by atoms with Crippen LogP contribution in [0.15, 0.2) is 36.7 Å². The summed E-state index contributed by atoms with van der Waals surface area (Å²) >= 11 is 0. The second kappa shape index (κ2) is 5.61. The molecule has 2 aromatic rings. The summed E-state index contributed by atoms with van der Waals surface area (Å²) < 4.78 is 13.3. The molecule has 2 aliphatic heterocycles. The minimum Gasteiger partial charge on any atom is -0.485 e. The number of carbonyl (C=O) groups excluding carboxylic acids is 1. The monoisotopic (exact) mass is 313 g/mol. The van der Waals surface area contributed by atoms with Crippen LogP contribution in [0.4, 0.5) is 0 Å². The molecule has 1 aromatic carbocycles. The normalized spacial score (nSPS) is 23.1. The van der Waals surface area contributed by atoms with Gasteiger partial charge in [0.2, 0.25) is 6.10 Å². The number of fused-ring (bicyclic) bond motifs is 1. The number of aryl methyl sites for hydroxylation is 1. The Balaban J connectivity index is 1.52. The third kappa shape index (κ3) is 2.54. The van der Waals surface area contributed by atoms with Gasteiger partial charge in [0.15, 0.2) is 11.5 Å². The van der Waals surface area contributed by atoms with Crippen molar-refractivity contribution < 1.29 is 14.3 Å². The maximum absolute atomic E-state index is 12.9. The van der Waals surface area contributed by atoms with Crippen molar-refractivity contribution in [2.75, 3.05) is 13.2 Å². The van der Waals surface area contributed by atoms with Crippen molar-refractivity contribution in [1.82, 2.24) is 14.7 Å². The molecule has 0 bridgehead atoms. The molecule has 6 nitrogen and oxygen atoms in total. The number of hydrogen-bond donors (Lipinski definition) is 0. The zero-order chi connectivity index (χ0) is 15.8. The van der Waals surface area contributed by atoms with Gasteiger partial charge in [0.25, 0.3) is 5.91 Å². The predicted molar refractivity (Wildman–Crippen MR) is 83.2 cm³/mol. The predicted octanol–water partition coefficient (Wildman–Crippen LogP) is 1.92. The Kier molecular flexibility index (Phi) is 3.44. The number of ether oxygens (including phenoxy) is 2.